The van der Waals surface area contributed by atoms with Crippen molar-refractivity contribution in [3.05, 3.63) is 149 Å². The van der Waals surface area contributed by atoms with Gasteiger partial charge in [0, 0.05) is 31.7 Å². The third-order valence-electron chi connectivity index (χ3n) is 10.2. The minimum absolute atomic E-state index is 0.117. The van der Waals surface area contributed by atoms with E-state index < -0.39 is 68.8 Å². The van der Waals surface area contributed by atoms with Gasteiger partial charge in [0.25, 0.3) is 5.91 Å². The summed E-state index contributed by atoms with van der Waals surface area (Å²) in [6.45, 7) is -1.35. The number of hydrogen-bond donors (Lipinski definition) is 1. The normalized spacial score (nSPS) is 13.1. The number of benzene rings is 5. The average molecular weight is 854 g/mol. The van der Waals surface area contributed by atoms with Crippen molar-refractivity contribution in [2.75, 3.05) is 33.0 Å². The predicted octanol–water partition coefficient (Wildman–Crippen LogP) is 7.53. The predicted molar refractivity (Wildman–Crippen MR) is 215 cm³/mol. The zero-order valence-corrected chi connectivity index (χ0v) is 33.2. The summed E-state index contributed by atoms with van der Waals surface area (Å²) in [4.78, 5) is 22.0. The van der Waals surface area contributed by atoms with Crippen molar-refractivity contribution >= 4 is 32.8 Å². The van der Waals surface area contributed by atoms with Crippen molar-refractivity contribution in [3.63, 3.8) is 0 Å². The van der Waals surface area contributed by atoms with Gasteiger partial charge in [0.05, 0.1) is 25.6 Å². The van der Waals surface area contributed by atoms with Gasteiger partial charge in [-0.1, -0.05) is 42.5 Å². The standard InChI is InChI=1S/C43H35F4N7O6S/c1-58-29-14-8-25(9-15-29)20-53(21-26-10-16-30(59-2)17-11-26)61(56,57)40-33(35(44)36(45)37(46)38(40)47)43(55)52-22-28(23-52)54-42-34(41(48)49-24-50-42)39(51-54)27-12-18-32(19-13-27)60-31-6-4-3-5-7-31/h3-19,24,28H,20-23H2,1-2H3,(H2,48,49,50). The first-order chi connectivity index (χ1) is 29.4. The van der Waals surface area contributed by atoms with Crippen LogP contribution in [-0.4, -0.2) is 70.6 Å². The molecular weight excluding hydrogens is 819 g/mol. The van der Waals surface area contributed by atoms with E-state index in [9.17, 15) is 13.2 Å². The van der Waals surface area contributed by atoms with Gasteiger partial charge in [-0.3, -0.25) is 4.79 Å². The minimum atomic E-state index is -5.32. The van der Waals surface area contributed by atoms with Crippen molar-refractivity contribution in [2.45, 2.75) is 24.0 Å². The van der Waals surface area contributed by atoms with Crippen LogP contribution in [0.3, 0.4) is 0 Å². The van der Waals surface area contributed by atoms with Gasteiger partial charge in [-0.05, 0) is 71.8 Å². The van der Waals surface area contributed by atoms with Crippen molar-refractivity contribution in [3.8, 4) is 34.3 Å². The van der Waals surface area contributed by atoms with Crippen LogP contribution in [0, 0.1) is 23.3 Å². The Morgan fingerprint density at radius 2 is 1.28 bits per heavy atom. The molecule has 0 aliphatic carbocycles. The summed E-state index contributed by atoms with van der Waals surface area (Å²) in [5, 5.41) is 5.16. The van der Waals surface area contributed by atoms with E-state index in [4.69, 9.17) is 25.0 Å². The maximum absolute atomic E-state index is 16.0. The number of para-hydroxylation sites is 1. The number of methoxy groups -OCH3 is 2. The van der Waals surface area contributed by atoms with Gasteiger partial charge < -0.3 is 24.8 Å². The highest BCUT2D eigenvalue weighted by Crippen LogP contribution is 2.38. The van der Waals surface area contributed by atoms with Crippen LogP contribution in [0.15, 0.2) is 114 Å². The minimum Gasteiger partial charge on any atom is -0.497 e. The molecule has 0 unspecified atom stereocenters. The molecule has 1 amide bonds. The lowest BCUT2D eigenvalue weighted by Gasteiger charge is -2.39. The molecule has 0 atom stereocenters. The summed E-state index contributed by atoms with van der Waals surface area (Å²) < 4.78 is 110. The third-order valence-corrected chi connectivity index (χ3v) is 12.0. The number of halogens is 4. The number of hydrogen-bond acceptors (Lipinski definition) is 10. The van der Waals surface area contributed by atoms with Crippen LogP contribution >= 0.6 is 0 Å². The third kappa shape index (κ3) is 7.78. The molecule has 61 heavy (non-hydrogen) atoms. The lowest BCUT2D eigenvalue weighted by atomic mass is 10.1. The number of sulfonamides is 1. The van der Waals surface area contributed by atoms with Gasteiger partial charge in [0.15, 0.2) is 28.9 Å². The van der Waals surface area contributed by atoms with E-state index in [0.29, 0.717) is 56.4 Å². The second-order valence-corrected chi connectivity index (χ2v) is 15.9. The van der Waals surface area contributed by atoms with E-state index in [2.05, 4.69) is 9.97 Å². The van der Waals surface area contributed by atoms with Crippen LogP contribution in [0.25, 0.3) is 22.3 Å². The lowest BCUT2D eigenvalue weighted by Crippen LogP contribution is -2.51. The molecule has 1 saturated heterocycles. The Labute approximate surface area is 346 Å². The number of nitrogens with two attached hydrogens (primary N) is 1. The Morgan fingerprint density at radius 1 is 0.738 bits per heavy atom. The molecule has 1 aliphatic rings. The molecule has 312 valence electrons. The van der Waals surface area contributed by atoms with Crippen molar-refractivity contribution in [1.82, 2.24) is 29.0 Å². The summed E-state index contributed by atoms with van der Waals surface area (Å²) in [7, 11) is -2.44. The lowest BCUT2D eigenvalue weighted by molar-refractivity contribution is 0.0496. The van der Waals surface area contributed by atoms with Crippen LogP contribution in [0.1, 0.15) is 27.5 Å². The Kier molecular flexibility index (Phi) is 11.0. The number of ether oxygens (including phenoxy) is 3. The van der Waals surface area contributed by atoms with Crippen molar-refractivity contribution < 1.29 is 45.0 Å². The molecule has 0 spiro atoms. The molecule has 7 aromatic rings. The van der Waals surface area contributed by atoms with Gasteiger partial charge >= 0.3 is 0 Å². The fourth-order valence-electron chi connectivity index (χ4n) is 6.96. The number of carbonyl (C=O) groups excluding carboxylic acids is 1. The number of amides is 1. The second kappa shape index (κ2) is 16.5. The number of aromatic nitrogens is 4. The number of rotatable bonds is 13. The summed E-state index contributed by atoms with van der Waals surface area (Å²) in [6, 6.07) is 28.0. The Morgan fingerprint density at radius 3 is 1.85 bits per heavy atom. The number of nitrogen functional groups attached to an aromatic ring is 1. The first-order valence-electron chi connectivity index (χ1n) is 18.6. The number of likely N-dealkylation sites (tertiary alicyclic amines) is 1. The number of anilines is 1. The molecule has 2 aromatic heterocycles. The maximum atomic E-state index is 16.0. The summed E-state index contributed by atoms with van der Waals surface area (Å²) >= 11 is 0. The Bertz CT molecular complexity index is 2810. The molecule has 1 fully saturated rings. The zero-order valence-electron chi connectivity index (χ0n) is 32.4. The van der Waals surface area contributed by atoms with Crippen LogP contribution in [0.4, 0.5) is 23.4 Å². The van der Waals surface area contributed by atoms with E-state index in [1.807, 2.05) is 30.3 Å². The topological polar surface area (TPSA) is 155 Å². The van der Waals surface area contributed by atoms with Gasteiger partial charge in [-0.15, -0.1) is 0 Å². The average Bonchev–Trinajstić information content (AvgIpc) is 3.64. The molecule has 5 aromatic carbocycles. The fraction of sp³-hybridized carbons (Fsp3) is 0.163. The highest BCUT2D eigenvalue weighted by atomic mass is 32.2. The number of nitrogens with zero attached hydrogens (tertiary/aromatic N) is 6. The first-order valence-corrected chi connectivity index (χ1v) is 20.0. The molecule has 0 radical (unpaired) electrons. The van der Waals surface area contributed by atoms with Gasteiger partial charge in [-0.25, -0.2) is 40.6 Å². The van der Waals surface area contributed by atoms with Crippen LogP contribution in [-0.2, 0) is 23.1 Å². The Balaban J connectivity index is 1.11. The zero-order chi connectivity index (χ0) is 43.0. The number of carbonyl (C=O) groups is 1. The van der Waals surface area contributed by atoms with E-state index in [0.717, 1.165) is 9.21 Å². The highest BCUT2D eigenvalue weighted by Gasteiger charge is 2.43. The maximum Gasteiger partial charge on any atom is 0.258 e. The smallest absolute Gasteiger partial charge is 0.258 e. The molecule has 2 N–H and O–H groups in total. The quantitative estimate of drug-likeness (QED) is 0.0700. The molecule has 1 aliphatic heterocycles. The van der Waals surface area contributed by atoms with Crippen molar-refractivity contribution in [1.29, 1.82) is 0 Å². The van der Waals surface area contributed by atoms with Crippen LogP contribution in [0.5, 0.6) is 23.0 Å². The van der Waals surface area contributed by atoms with Crippen molar-refractivity contribution in [2.24, 2.45) is 0 Å². The Hall–Kier alpha value is -7.05. The van der Waals surface area contributed by atoms with Gasteiger partial charge in [0.2, 0.25) is 10.0 Å². The largest absolute Gasteiger partial charge is 0.497 e. The van der Waals surface area contributed by atoms with E-state index >= 15 is 17.6 Å². The van der Waals surface area contributed by atoms with E-state index in [-0.39, 0.29) is 18.9 Å². The molecule has 8 rings (SSSR count). The SMILES string of the molecule is COc1ccc(CN(Cc2ccc(OC)cc2)S(=O)(=O)c2c(F)c(F)c(F)c(F)c2C(=O)N2CC(n3nc(-c4ccc(Oc5ccccc5)cc4)c4c(N)ncnc43)C2)cc1. The van der Waals surface area contributed by atoms with Crippen LogP contribution in [0.2, 0.25) is 0 Å². The monoisotopic (exact) mass is 853 g/mol. The summed E-state index contributed by atoms with van der Waals surface area (Å²) in [5.74, 6) is -8.30. The second-order valence-electron chi connectivity index (χ2n) is 14.0. The van der Waals surface area contributed by atoms with E-state index in [1.54, 1.807) is 72.8 Å². The molecule has 3 heterocycles. The highest BCUT2D eigenvalue weighted by molar-refractivity contribution is 7.89. The summed E-state index contributed by atoms with van der Waals surface area (Å²) in [6.07, 6.45) is 1.23. The molecule has 18 heteroatoms. The molecule has 0 bridgehead atoms. The van der Waals surface area contributed by atoms with E-state index in [1.165, 1.54) is 25.2 Å². The molecular formula is C43H35F4N7O6S. The van der Waals surface area contributed by atoms with Gasteiger partial charge in [0.1, 0.15) is 51.3 Å². The summed E-state index contributed by atoms with van der Waals surface area (Å²) in [5.41, 5.74) is 6.90. The molecule has 0 saturated carbocycles. The van der Waals surface area contributed by atoms with Gasteiger partial charge in [-0.2, -0.15) is 9.40 Å². The fourth-order valence-corrected chi connectivity index (χ4v) is 8.61. The number of fused-ring (bicyclic) bond motifs is 1. The first kappa shape index (κ1) is 40.7. The van der Waals surface area contributed by atoms with Crippen LogP contribution < -0.4 is 19.9 Å². The molecule has 13 nitrogen and oxygen atoms in total.